The predicted octanol–water partition coefficient (Wildman–Crippen LogP) is 5.82. The van der Waals surface area contributed by atoms with Gasteiger partial charge in [-0.2, -0.15) is 0 Å². The Bertz CT molecular complexity index is 1290. The first kappa shape index (κ1) is 27.9. The van der Waals surface area contributed by atoms with Crippen molar-refractivity contribution >= 4 is 40.6 Å². The zero-order valence-corrected chi connectivity index (χ0v) is 23.9. The lowest BCUT2D eigenvalue weighted by Gasteiger charge is -2.38. The molecule has 2 fully saturated rings. The molecule has 0 unspecified atom stereocenters. The van der Waals surface area contributed by atoms with Crippen LogP contribution < -0.4 is 25.2 Å². The molecule has 3 aromatic carbocycles. The van der Waals surface area contributed by atoms with Crippen molar-refractivity contribution in [3.05, 3.63) is 78.4 Å². The number of rotatable bonds is 9. The number of amides is 2. The van der Waals surface area contributed by atoms with Crippen LogP contribution in [0.15, 0.2) is 77.7 Å². The monoisotopic (exact) mass is 558 g/mol. The number of ether oxygens (including phenoxy) is 1. The number of anilines is 3. The lowest BCUT2D eigenvalue weighted by Crippen LogP contribution is -2.47. The molecule has 1 saturated heterocycles. The number of nitrogens with zero attached hydrogens (tertiary/aromatic N) is 2. The predicted molar refractivity (Wildman–Crippen MR) is 164 cm³/mol. The van der Waals surface area contributed by atoms with E-state index in [1.807, 2.05) is 66.7 Å². The van der Waals surface area contributed by atoms with Crippen LogP contribution in [0.1, 0.15) is 42.5 Å². The normalized spacial score (nSPS) is 15.9. The van der Waals surface area contributed by atoms with Crippen LogP contribution >= 0.6 is 11.8 Å². The minimum absolute atomic E-state index is 0.0659. The molecule has 2 amide bonds. The largest absolute Gasteiger partial charge is 0.495 e. The van der Waals surface area contributed by atoms with E-state index in [1.165, 1.54) is 18.2 Å². The molecule has 0 atom stereocenters. The van der Waals surface area contributed by atoms with Crippen molar-refractivity contribution in [2.45, 2.75) is 43.0 Å². The van der Waals surface area contributed by atoms with Gasteiger partial charge in [-0.05, 0) is 55.3 Å². The summed E-state index contributed by atoms with van der Waals surface area (Å²) in [5.41, 5.74) is 3.25. The maximum atomic E-state index is 13.6. The molecule has 1 aliphatic heterocycles. The number of hydrogen-bond acceptors (Lipinski definition) is 6. The van der Waals surface area contributed by atoms with Crippen LogP contribution in [0, 0.1) is 0 Å². The molecule has 3 aromatic rings. The van der Waals surface area contributed by atoms with E-state index in [-0.39, 0.29) is 17.9 Å². The number of piperazine rings is 1. The van der Waals surface area contributed by atoms with E-state index in [0.29, 0.717) is 17.0 Å². The van der Waals surface area contributed by atoms with E-state index in [9.17, 15) is 9.59 Å². The first-order valence-electron chi connectivity index (χ1n) is 14.2. The molecule has 0 radical (unpaired) electrons. The van der Waals surface area contributed by atoms with Crippen LogP contribution in [-0.2, 0) is 4.79 Å². The van der Waals surface area contributed by atoms with Crippen LogP contribution in [0.4, 0.5) is 17.1 Å². The number of thioether (sulfide) groups is 1. The van der Waals surface area contributed by atoms with Crippen molar-refractivity contribution < 1.29 is 14.3 Å². The molecular formula is C32H38N4O3S. The molecule has 8 heteroatoms. The summed E-state index contributed by atoms with van der Waals surface area (Å²) in [6.45, 7) is 3.20. The first-order valence-corrected chi connectivity index (χ1v) is 15.1. The van der Waals surface area contributed by atoms with Crippen LogP contribution in [-0.4, -0.2) is 56.9 Å². The van der Waals surface area contributed by atoms with Crippen LogP contribution in [0.25, 0.3) is 0 Å². The van der Waals surface area contributed by atoms with Gasteiger partial charge in [-0.1, -0.05) is 49.6 Å². The van der Waals surface area contributed by atoms with Crippen LogP contribution in [0.3, 0.4) is 0 Å². The third-order valence-corrected chi connectivity index (χ3v) is 8.64. The summed E-state index contributed by atoms with van der Waals surface area (Å²) in [4.78, 5) is 32.0. The summed E-state index contributed by atoms with van der Waals surface area (Å²) in [6, 6.07) is 23.9. The Morgan fingerprint density at radius 2 is 1.52 bits per heavy atom. The highest BCUT2D eigenvalue weighted by atomic mass is 32.2. The molecule has 0 aromatic heterocycles. The lowest BCUT2D eigenvalue weighted by atomic mass is 9.95. The van der Waals surface area contributed by atoms with E-state index in [1.54, 1.807) is 7.11 Å². The van der Waals surface area contributed by atoms with Crippen molar-refractivity contribution in [1.82, 2.24) is 5.32 Å². The highest BCUT2D eigenvalue weighted by Gasteiger charge is 2.25. The molecule has 0 spiro atoms. The number of para-hydroxylation sites is 2. The minimum atomic E-state index is -0.0920. The SMILES string of the molecule is COc1ccccc1N1CCN(c2ccc(NC(=O)CSc3ccccc3)cc2C(=O)NC2CCCCC2)CC1. The Morgan fingerprint density at radius 3 is 2.25 bits per heavy atom. The van der Waals surface area contributed by atoms with Gasteiger partial charge in [0.05, 0.1) is 24.1 Å². The second kappa shape index (κ2) is 13.6. The zero-order chi connectivity index (χ0) is 27.7. The third-order valence-electron chi connectivity index (χ3n) is 7.62. The van der Waals surface area contributed by atoms with E-state index in [4.69, 9.17) is 4.74 Å². The lowest BCUT2D eigenvalue weighted by molar-refractivity contribution is -0.113. The van der Waals surface area contributed by atoms with Gasteiger partial charge in [-0.15, -0.1) is 11.8 Å². The fourth-order valence-electron chi connectivity index (χ4n) is 5.52. The maximum absolute atomic E-state index is 13.6. The quantitative estimate of drug-likeness (QED) is 0.323. The molecule has 1 saturated carbocycles. The fraction of sp³-hybridized carbons (Fsp3) is 0.375. The second-order valence-electron chi connectivity index (χ2n) is 10.3. The van der Waals surface area contributed by atoms with Gasteiger partial charge in [0.25, 0.3) is 5.91 Å². The highest BCUT2D eigenvalue weighted by molar-refractivity contribution is 8.00. The van der Waals surface area contributed by atoms with Gasteiger partial charge < -0.3 is 25.2 Å². The van der Waals surface area contributed by atoms with Crippen molar-refractivity contribution in [3.63, 3.8) is 0 Å². The fourth-order valence-corrected chi connectivity index (χ4v) is 6.24. The number of carbonyl (C=O) groups excluding carboxylic acids is 2. The molecule has 40 heavy (non-hydrogen) atoms. The molecule has 1 aliphatic carbocycles. The van der Waals surface area contributed by atoms with Crippen molar-refractivity contribution in [2.75, 3.05) is 54.2 Å². The minimum Gasteiger partial charge on any atom is -0.495 e. The Kier molecular flexibility index (Phi) is 9.50. The average Bonchev–Trinajstić information content (AvgIpc) is 3.01. The molecule has 5 rings (SSSR count). The van der Waals surface area contributed by atoms with Crippen LogP contribution in [0.5, 0.6) is 5.75 Å². The van der Waals surface area contributed by atoms with E-state index < -0.39 is 0 Å². The maximum Gasteiger partial charge on any atom is 0.253 e. The second-order valence-corrected chi connectivity index (χ2v) is 11.4. The molecular weight excluding hydrogens is 520 g/mol. The summed E-state index contributed by atoms with van der Waals surface area (Å²) in [7, 11) is 1.70. The number of benzene rings is 3. The van der Waals surface area contributed by atoms with E-state index >= 15 is 0 Å². The average molecular weight is 559 g/mol. The van der Waals surface area contributed by atoms with E-state index in [2.05, 4.69) is 26.5 Å². The zero-order valence-electron chi connectivity index (χ0n) is 23.1. The number of methoxy groups -OCH3 is 1. The van der Waals surface area contributed by atoms with E-state index in [0.717, 1.165) is 73.9 Å². The van der Waals surface area contributed by atoms with Crippen LogP contribution in [0.2, 0.25) is 0 Å². The number of carbonyl (C=O) groups is 2. The summed E-state index contributed by atoms with van der Waals surface area (Å²) in [5.74, 6) is 1.02. The van der Waals surface area contributed by atoms with Gasteiger partial charge in [0.2, 0.25) is 5.91 Å². The van der Waals surface area contributed by atoms with Crippen molar-refractivity contribution in [1.29, 1.82) is 0 Å². The topological polar surface area (TPSA) is 73.9 Å². The van der Waals surface area contributed by atoms with Gasteiger partial charge in [-0.25, -0.2) is 0 Å². The highest BCUT2D eigenvalue weighted by Crippen LogP contribution is 2.31. The molecule has 2 N–H and O–H groups in total. The third kappa shape index (κ3) is 7.10. The van der Waals surface area contributed by atoms with Gasteiger partial charge in [0.1, 0.15) is 5.75 Å². The molecule has 7 nitrogen and oxygen atoms in total. The summed E-state index contributed by atoms with van der Waals surface area (Å²) in [6.07, 6.45) is 5.57. The Hall–Kier alpha value is -3.65. The molecule has 1 heterocycles. The van der Waals surface area contributed by atoms with Crippen molar-refractivity contribution in [3.8, 4) is 5.75 Å². The van der Waals surface area contributed by atoms with Gasteiger partial charge in [0, 0.05) is 48.5 Å². The summed E-state index contributed by atoms with van der Waals surface area (Å²) in [5, 5.41) is 6.28. The van der Waals surface area contributed by atoms with Gasteiger partial charge in [-0.3, -0.25) is 9.59 Å². The molecule has 0 bridgehead atoms. The smallest absolute Gasteiger partial charge is 0.253 e. The molecule has 2 aliphatic rings. The summed E-state index contributed by atoms with van der Waals surface area (Å²) < 4.78 is 5.58. The Morgan fingerprint density at radius 1 is 0.850 bits per heavy atom. The Balaban J connectivity index is 1.30. The number of nitrogens with one attached hydrogen (secondary N) is 2. The Labute approximate surface area is 241 Å². The summed E-state index contributed by atoms with van der Waals surface area (Å²) >= 11 is 1.50. The standard InChI is InChI=1S/C32H38N4O3S/c1-39-30-15-9-8-14-29(30)36-20-18-35(19-21-36)28-17-16-25(33-31(37)23-40-26-12-6-3-7-13-26)22-27(28)32(38)34-24-10-4-2-5-11-24/h3,6-9,12-17,22,24H,2,4-5,10-11,18-21,23H2,1H3,(H,33,37)(H,34,38). The van der Waals surface area contributed by atoms with Gasteiger partial charge >= 0.3 is 0 Å². The van der Waals surface area contributed by atoms with Crippen molar-refractivity contribution in [2.24, 2.45) is 0 Å². The number of hydrogen-bond donors (Lipinski definition) is 2. The first-order chi connectivity index (χ1) is 19.6. The molecule has 210 valence electrons. The van der Waals surface area contributed by atoms with Gasteiger partial charge in [0.15, 0.2) is 0 Å².